The first-order valence-electron chi connectivity index (χ1n) is 8.37. The molecule has 23 heavy (non-hydrogen) atoms. The predicted octanol–water partition coefficient (Wildman–Crippen LogP) is 4.55. The Labute approximate surface area is 139 Å². The number of Topliss-reactive ketones (excluding diaryl/α,β-unsaturated/α-hetero) is 1. The molecule has 0 bridgehead atoms. The van der Waals surface area contributed by atoms with Crippen molar-refractivity contribution in [1.82, 2.24) is 0 Å². The number of aliphatic carboxylic acids is 1. The molecule has 0 aromatic heterocycles. The molecule has 2 saturated carbocycles. The molecule has 0 radical (unpaired) electrons. The second-order valence-corrected chi connectivity index (χ2v) is 7.81. The number of hydrogen-bond donors (Lipinski definition) is 1. The van der Waals surface area contributed by atoms with Gasteiger partial charge in [-0.25, -0.2) is 0 Å². The fourth-order valence-electron chi connectivity index (χ4n) is 4.90. The SMILES string of the molecule is C=CC(C)=CCC1C(=C)CCC2C(C)(C(=O)O)CC(=O)CC12C. The van der Waals surface area contributed by atoms with E-state index < -0.39 is 11.4 Å². The average molecular weight is 316 g/mol. The van der Waals surface area contributed by atoms with Crippen molar-refractivity contribution in [3.8, 4) is 0 Å². The third-order valence-corrected chi connectivity index (χ3v) is 6.24. The maximum Gasteiger partial charge on any atom is 0.310 e. The van der Waals surface area contributed by atoms with Crippen LogP contribution < -0.4 is 0 Å². The Balaban J connectivity index is 2.44. The molecule has 2 aliphatic carbocycles. The lowest BCUT2D eigenvalue weighted by Crippen LogP contribution is -2.55. The van der Waals surface area contributed by atoms with Crippen LogP contribution in [-0.2, 0) is 9.59 Å². The van der Waals surface area contributed by atoms with Crippen molar-refractivity contribution in [1.29, 1.82) is 0 Å². The number of fused-ring (bicyclic) bond motifs is 1. The van der Waals surface area contributed by atoms with Gasteiger partial charge in [-0.15, -0.1) is 0 Å². The highest BCUT2D eigenvalue weighted by molar-refractivity contribution is 5.88. The molecule has 4 unspecified atom stereocenters. The first kappa shape index (κ1) is 17.7. The summed E-state index contributed by atoms with van der Waals surface area (Å²) in [5, 5.41) is 9.78. The summed E-state index contributed by atoms with van der Waals surface area (Å²) in [6.45, 7) is 13.9. The van der Waals surface area contributed by atoms with E-state index in [-0.39, 0.29) is 29.5 Å². The Kier molecular flexibility index (Phi) is 4.70. The van der Waals surface area contributed by atoms with Gasteiger partial charge in [-0.2, -0.15) is 0 Å². The van der Waals surface area contributed by atoms with Gasteiger partial charge in [0.25, 0.3) is 0 Å². The Hall–Kier alpha value is -1.64. The first-order chi connectivity index (χ1) is 10.6. The highest BCUT2D eigenvalue weighted by Crippen LogP contribution is 2.61. The zero-order valence-corrected chi connectivity index (χ0v) is 14.5. The van der Waals surface area contributed by atoms with Gasteiger partial charge in [0, 0.05) is 12.8 Å². The lowest BCUT2D eigenvalue weighted by molar-refractivity contribution is -0.168. The minimum Gasteiger partial charge on any atom is -0.481 e. The average Bonchev–Trinajstić information content (AvgIpc) is 2.44. The molecular formula is C20H28O3. The van der Waals surface area contributed by atoms with Crippen molar-refractivity contribution in [2.45, 2.75) is 52.9 Å². The van der Waals surface area contributed by atoms with Crippen LogP contribution >= 0.6 is 0 Å². The van der Waals surface area contributed by atoms with Gasteiger partial charge in [0.1, 0.15) is 5.78 Å². The fourth-order valence-corrected chi connectivity index (χ4v) is 4.90. The summed E-state index contributed by atoms with van der Waals surface area (Å²) < 4.78 is 0. The van der Waals surface area contributed by atoms with E-state index in [1.807, 2.05) is 13.0 Å². The Morgan fingerprint density at radius 2 is 2.04 bits per heavy atom. The third kappa shape index (κ3) is 2.93. The zero-order chi connectivity index (χ0) is 17.4. The summed E-state index contributed by atoms with van der Waals surface area (Å²) in [6.07, 6.45) is 7.03. The minimum atomic E-state index is -0.958. The van der Waals surface area contributed by atoms with Crippen LogP contribution in [0, 0.1) is 22.7 Å². The fraction of sp³-hybridized carbons (Fsp3) is 0.600. The molecule has 126 valence electrons. The van der Waals surface area contributed by atoms with Crippen LogP contribution in [0.4, 0.5) is 0 Å². The summed E-state index contributed by atoms with van der Waals surface area (Å²) >= 11 is 0. The van der Waals surface area contributed by atoms with Crippen molar-refractivity contribution in [2.75, 3.05) is 0 Å². The monoisotopic (exact) mass is 316 g/mol. The number of carbonyl (C=O) groups excluding carboxylic acids is 1. The van der Waals surface area contributed by atoms with Crippen LogP contribution in [0.2, 0.25) is 0 Å². The predicted molar refractivity (Wildman–Crippen MR) is 92.0 cm³/mol. The number of rotatable bonds is 4. The third-order valence-electron chi connectivity index (χ3n) is 6.24. The maximum atomic E-state index is 12.4. The lowest BCUT2D eigenvalue weighted by atomic mass is 9.46. The van der Waals surface area contributed by atoms with Crippen LogP contribution in [0.5, 0.6) is 0 Å². The van der Waals surface area contributed by atoms with Crippen molar-refractivity contribution < 1.29 is 14.7 Å². The molecule has 4 atom stereocenters. The standard InChI is InChI=1S/C20H28O3/c1-6-13(2)7-9-16-14(3)8-10-17-19(16,4)11-15(21)12-20(17,5)18(22)23/h6-7,16-17H,1,3,8-12H2,2,4-5H3,(H,22,23). The second kappa shape index (κ2) is 6.10. The van der Waals surface area contributed by atoms with Crippen molar-refractivity contribution in [3.05, 3.63) is 36.5 Å². The van der Waals surface area contributed by atoms with Crippen LogP contribution in [0.3, 0.4) is 0 Å². The summed E-state index contributed by atoms with van der Waals surface area (Å²) in [6, 6.07) is 0. The number of carboxylic acids is 1. The summed E-state index contributed by atoms with van der Waals surface area (Å²) in [7, 11) is 0. The van der Waals surface area contributed by atoms with E-state index in [1.54, 1.807) is 6.92 Å². The zero-order valence-electron chi connectivity index (χ0n) is 14.5. The summed E-state index contributed by atoms with van der Waals surface area (Å²) in [5.74, 6) is -0.610. The number of allylic oxidation sites excluding steroid dienone is 4. The normalized spacial score (nSPS) is 38.1. The molecule has 0 amide bonds. The largest absolute Gasteiger partial charge is 0.481 e. The molecule has 0 aromatic rings. The van der Waals surface area contributed by atoms with E-state index >= 15 is 0 Å². The van der Waals surface area contributed by atoms with E-state index in [2.05, 4.69) is 26.2 Å². The van der Waals surface area contributed by atoms with E-state index in [0.29, 0.717) is 6.42 Å². The highest BCUT2D eigenvalue weighted by atomic mass is 16.4. The molecule has 0 aromatic carbocycles. The van der Waals surface area contributed by atoms with Gasteiger partial charge < -0.3 is 5.11 Å². The van der Waals surface area contributed by atoms with Crippen molar-refractivity contribution in [3.63, 3.8) is 0 Å². The van der Waals surface area contributed by atoms with Gasteiger partial charge >= 0.3 is 5.97 Å². The Morgan fingerprint density at radius 1 is 1.39 bits per heavy atom. The maximum absolute atomic E-state index is 12.4. The summed E-state index contributed by atoms with van der Waals surface area (Å²) in [5.41, 5.74) is 0.974. The van der Waals surface area contributed by atoms with Crippen LogP contribution in [0.25, 0.3) is 0 Å². The van der Waals surface area contributed by atoms with Gasteiger partial charge in [-0.05, 0) is 50.4 Å². The van der Waals surface area contributed by atoms with Crippen LogP contribution in [-0.4, -0.2) is 16.9 Å². The Morgan fingerprint density at radius 3 is 2.61 bits per heavy atom. The van der Waals surface area contributed by atoms with Gasteiger partial charge in [0.15, 0.2) is 0 Å². The molecule has 0 aliphatic heterocycles. The molecule has 2 rings (SSSR count). The van der Waals surface area contributed by atoms with Crippen LogP contribution in [0.1, 0.15) is 52.9 Å². The van der Waals surface area contributed by atoms with Gasteiger partial charge in [0.2, 0.25) is 0 Å². The molecule has 2 aliphatic rings. The summed E-state index contributed by atoms with van der Waals surface area (Å²) in [4.78, 5) is 24.3. The number of hydrogen-bond acceptors (Lipinski definition) is 2. The van der Waals surface area contributed by atoms with E-state index in [1.165, 1.54) is 0 Å². The highest BCUT2D eigenvalue weighted by Gasteiger charge is 2.59. The second-order valence-electron chi connectivity index (χ2n) is 7.81. The quantitative estimate of drug-likeness (QED) is 0.611. The van der Waals surface area contributed by atoms with E-state index in [9.17, 15) is 14.7 Å². The minimum absolute atomic E-state index is 0.0122. The first-order valence-corrected chi connectivity index (χ1v) is 8.37. The molecule has 0 heterocycles. The van der Waals surface area contributed by atoms with Crippen molar-refractivity contribution in [2.24, 2.45) is 22.7 Å². The van der Waals surface area contributed by atoms with Crippen LogP contribution in [0.15, 0.2) is 36.5 Å². The lowest BCUT2D eigenvalue weighted by Gasteiger charge is -2.56. The van der Waals surface area contributed by atoms with Crippen molar-refractivity contribution >= 4 is 11.8 Å². The van der Waals surface area contributed by atoms with E-state index in [4.69, 9.17) is 0 Å². The number of carbonyl (C=O) groups is 2. The molecule has 2 fully saturated rings. The van der Waals surface area contributed by atoms with Gasteiger partial charge in [0.05, 0.1) is 5.41 Å². The molecular weight excluding hydrogens is 288 g/mol. The number of carboxylic acid groups (broad SMARTS) is 1. The molecule has 1 N–H and O–H groups in total. The molecule has 0 saturated heterocycles. The van der Waals surface area contributed by atoms with Gasteiger partial charge in [-0.3, -0.25) is 9.59 Å². The smallest absolute Gasteiger partial charge is 0.310 e. The molecule has 0 spiro atoms. The topological polar surface area (TPSA) is 54.4 Å². The molecule has 3 heteroatoms. The van der Waals surface area contributed by atoms with E-state index in [0.717, 1.165) is 30.4 Å². The Bertz CT molecular complexity index is 586. The molecule has 3 nitrogen and oxygen atoms in total. The van der Waals surface area contributed by atoms with Gasteiger partial charge in [-0.1, -0.05) is 43.4 Å². The number of ketones is 1.